The van der Waals surface area contributed by atoms with Gasteiger partial charge >= 0.3 is 0 Å². The molecule has 3 rings (SSSR count). The predicted molar refractivity (Wildman–Crippen MR) is 75.5 cm³/mol. The largest absolute Gasteiger partial charge is 0.507 e. The molecule has 2 aliphatic carbocycles. The van der Waals surface area contributed by atoms with Crippen LogP contribution in [0.25, 0.3) is 0 Å². The van der Waals surface area contributed by atoms with E-state index >= 15 is 0 Å². The van der Waals surface area contributed by atoms with Crippen molar-refractivity contribution in [3.05, 3.63) is 29.3 Å². The van der Waals surface area contributed by atoms with Crippen molar-refractivity contribution in [2.45, 2.75) is 46.0 Å². The van der Waals surface area contributed by atoms with Crippen molar-refractivity contribution < 1.29 is 9.90 Å². The van der Waals surface area contributed by atoms with E-state index in [2.05, 4.69) is 20.8 Å². The van der Waals surface area contributed by atoms with Crippen LogP contribution in [-0.4, -0.2) is 11.4 Å². The molecule has 2 aliphatic rings. The number of hydrogen-bond donors (Lipinski definition) is 1. The van der Waals surface area contributed by atoms with Gasteiger partial charge in [0.25, 0.3) is 0 Å². The van der Waals surface area contributed by atoms with Crippen LogP contribution < -0.4 is 0 Å². The lowest BCUT2D eigenvalue weighted by Gasteiger charge is -2.39. The molecule has 2 heteroatoms. The third-order valence-electron chi connectivity index (χ3n) is 6.39. The van der Waals surface area contributed by atoms with Gasteiger partial charge in [0, 0.05) is 0 Å². The van der Waals surface area contributed by atoms with E-state index in [0.717, 1.165) is 24.2 Å². The Hall–Kier alpha value is -1.31. The summed E-state index contributed by atoms with van der Waals surface area (Å²) in [6.07, 6.45) is 4.41. The highest BCUT2D eigenvalue weighted by Crippen LogP contribution is 2.71. The normalized spacial score (nSPS) is 35.5. The average Bonchev–Trinajstić information content (AvgIpc) is 2.71. The number of aromatic hydroxyl groups is 1. The number of benzene rings is 1. The monoisotopic (exact) mass is 258 g/mol. The molecule has 0 saturated heterocycles. The second-order valence-electron chi connectivity index (χ2n) is 7.07. The molecular formula is C17H22O2. The molecule has 0 spiro atoms. The van der Waals surface area contributed by atoms with Gasteiger partial charge in [0.05, 0.1) is 5.56 Å². The maximum atomic E-state index is 11.0. The summed E-state index contributed by atoms with van der Waals surface area (Å²) in [5.41, 5.74) is 1.95. The van der Waals surface area contributed by atoms with Crippen molar-refractivity contribution in [3.63, 3.8) is 0 Å². The topological polar surface area (TPSA) is 37.3 Å². The molecule has 1 aromatic carbocycles. The highest BCUT2D eigenvalue weighted by Gasteiger charge is 2.61. The Morgan fingerprint density at radius 1 is 1.32 bits per heavy atom. The van der Waals surface area contributed by atoms with Crippen molar-refractivity contribution >= 4 is 6.29 Å². The fraction of sp³-hybridized carbons (Fsp3) is 0.588. The number of carbonyl (C=O) groups excluding carboxylic acids is 1. The van der Waals surface area contributed by atoms with Gasteiger partial charge in [-0.3, -0.25) is 4.79 Å². The molecule has 19 heavy (non-hydrogen) atoms. The van der Waals surface area contributed by atoms with Gasteiger partial charge in [0.1, 0.15) is 5.75 Å². The Morgan fingerprint density at radius 2 is 2.05 bits per heavy atom. The lowest BCUT2D eigenvalue weighted by molar-refractivity contribution is 0.111. The summed E-state index contributed by atoms with van der Waals surface area (Å²) in [4.78, 5) is 11.0. The van der Waals surface area contributed by atoms with Crippen LogP contribution in [0.15, 0.2) is 18.2 Å². The molecule has 1 aromatic rings. The zero-order valence-electron chi connectivity index (χ0n) is 11.9. The van der Waals surface area contributed by atoms with E-state index in [1.807, 2.05) is 12.1 Å². The average molecular weight is 258 g/mol. The minimum absolute atomic E-state index is 0.201. The second kappa shape index (κ2) is 3.84. The number of phenolic OH excluding ortho intramolecular Hbond substituents is 1. The molecule has 2 nitrogen and oxygen atoms in total. The van der Waals surface area contributed by atoms with Crippen LogP contribution in [0.3, 0.4) is 0 Å². The maximum Gasteiger partial charge on any atom is 0.153 e. The van der Waals surface area contributed by atoms with Crippen LogP contribution >= 0.6 is 0 Å². The van der Waals surface area contributed by atoms with Gasteiger partial charge in [-0.25, -0.2) is 0 Å². The molecule has 1 N–H and O–H groups in total. The minimum Gasteiger partial charge on any atom is -0.507 e. The van der Waals surface area contributed by atoms with Crippen molar-refractivity contribution in [1.82, 2.24) is 0 Å². The van der Waals surface area contributed by atoms with Gasteiger partial charge in [-0.15, -0.1) is 0 Å². The molecule has 2 saturated carbocycles. The van der Waals surface area contributed by atoms with Gasteiger partial charge in [0.2, 0.25) is 0 Å². The zero-order chi connectivity index (χ0) is 13.8. The minimum atomic E-state index is 0.201. The molecule has 102 valence electrons. The van der Waals surface area contributed by atoms with Gasteiger partial charge < -0.3 is 5.11 Å². The van der Waals surface area contributed by atoms with Gasteiger partial charge in [0.15, 0.2) is 6.29 Å². The first-order valence-corrected chi connectivity index (χ1v) is 7.19. The molecule has 0 aromatic heterocycles. The summed E-state index contributed by atoms with van der Waals surface area (Å²) in [7, 11) is 0. The van der Waals surface area contributed by atoms with E-state index in [4.69, 9.17) is 0 Å². The molecule has 2 bridgehead atoms. The van der Waals surface area contributed by atoms with E-state index in [0.29, 0.717) is 16.9 Å². The summed E-state index contributed by atoms with van der Waals surface area (Å²) >= 11 is 0. The first-order chi connectivity index (χ1) is 8.91. The fourth-order valence-corrected chi connectivity index (χ4v) is 4.63. The van der Waals surface area contributed by atoms with Crippen molar-refractivity contribution in [3.8, 4) is 5.75 Å². The smallest absolute Gasteiger partial charge is 0.153 e. The van der Waals surface area contributed by atoms with Crippen molar-refractivity contribution in [1.29, 1.82) is 0 Å². The SMILES string of the molecule is CC1(C)[C@@H]2CC[C@@]1(C)[C@H](c1cccc(C=O)c1O)C2. The molecule has 0 aliphatic heterocycles. The summed E-state index contributed by atoms with van der Waals surface area (Å²) in [5.74, 6) is 1.31. The van der Waals surface area contributed by atoms with Crippen LogP contribution in [0.2, 0.25) is 0 Å². The van der Waals surface area contributed by atoms with Crippen LogP contribution in [0.4, 0.5) is 0 Å². The molecular weight excluding hydrogens is 236 g/mol. The van der Waals surface area contributed by atoms with E-state index in [-0.39, 0.29) is 11.2 Å². The standard InChI is InChI=1S/C17H22O2/c1-16(2)12-7-8-17(16,3)14(9-12)13-6-4-5-11(10-18)15(13)19/h4-6,10,12,14,19H,7-9H2,1-3H3/t12-,14+,17+/m1/s1. The number of aldehydes is 1. The number of phenols is 1. The molecule has 0 unspecified atom stereocenters. The lowest BCUT2D eigenvalue weighted by atomic mass is 9.65. The Balaban J connectivity index is 2.08. The van der Waals surface area contributed by atoms with E-state index in [1.165, 1.54) is 12.8 Å². The first kappa shape index (κ1) is 12.7. The summed E-state index contributed by atoms with van der Waals surface area (Å²) in [6, 6.07) is 5.57. The number of hydrogen-bond acceptors (Lipinski definition) is 2. The number of para-hydroxylation sites is 1. The quantitative estimate of drug-likeness (QED) is 0.810. The van der Waals surface area contributed by atoms with Crippen LogP contribution in [-0.2, 0) is 0 Å². The van der Waals surface area contributed by atoms with Crippen LogP contribution in [0.5, 0.6) is 5.75 Å². The molecule has 3 atom stereocenters. The van der Waals surface area contributed by atoms with Crippen molar-refractivity contribution in [2.75, 3.05) is 0 Å². The fourth-order valence-electron chi connectivity index (χ4n) is 4.63. The molecule has 0 radical (unpaired) electrons. The summed E-state index contributed by atoms with van der Waals surface area (Å²) in [6.45, 7) is 7.09. The molecule has 2 fully saturated rings. The summed E-state index contributed by atoms with van der Waals surface area (Å²) < 4.78 is 0. The van der Waals surface area contributed by atoms with Gasteiger partial charge in [-0.05, 0) is 53.6 Å². The first-order valence-electron chi connectivity index (χ1n) is 7.19. The highest BCUT2D eigenvalue weighted by atomic mass is 16.3. The van der Waals surface area contributed by atoms with Crippen molar-refractivity contribution in [2.24, 2.45) is 16.7 Å². The van der Waals surface area contributed by atoms with Gasteiger partial charge in [-0.2, -0.15) is 0 Å². The molecule has 0 heterocycles. The summed E-state index contributed by atoms with van der Waals surface area (Å²) in [5, 5.41) is 10.3. The van der Waals surface area contributed by atoms with Crippen LogP contribution in [0.1, 0.15) is 61.9 Å². The number of carbonyl (C=O) groups is 1. The predicted octanol–water partition coefficient (Wildman–Crippen LogP) is 4.13. The van der Waals surface area contributed by atoms with Crippen LogP contribution in [0, 0.1) is 16.7 Å². The molecule has 0 amide bonds. The van der Waals surface area contributed by atoms with E-state index < -0.39 is 0 Å². The Morgan fingerprint density at radius 3 is 2.58 bits per heavy atom. The Bertz CT molecular complexity index is 532. The Labute approximate surface area is 114 Å². The van der Waals surface area contributed by atoms with E-state index in [9.17, 15) is 9.90 Å². The third kappa shape index (κ3) is 1.46. The zero-order valence-corrected chi connectivity index (χ0v) is 11.9. The second-order valence-corrected chi connectivity index (χ2v) is 7.07. The van der Waals surface area contributed by atoms with E-state index in [1.54, 1.807) is 6.07 Å². The highest BCUT2D eigenvalue weighted by molar-refractivity contribution is 5.80. The van der Waals surface area contributed by atoms with Gasteiger partial charge in [-0.1, -0.05) is 32.9 Å². The Kier molecular flexibility index (Phi) is 2.57. The third-order valence-corrected chi connectivity index (χ3v) is 6.39. The maximum absolute atomic E-state index is 11.0. The number of fused-ring (bicyclic) bond motifs is 2. The number of rotatable bonds is 2. The lowest BCUT2D eigenvalue weighted by Crippen LogP contribution is -2.31.